The predicted octanol–water partition coefficient (Wildman–Crippen LogP) is 8.20. The summed E-state index contributed by atoms with van der Waals surface area (Å²) in [6.07, 6.45) is 1.84. The van der Waals surface area contributed by atoms with E-state index < -0.39 is 11.9 Å². The summed E-state index contributed by atoms with van der Waals surface area (Å²) in [5, 5.41) is 11.1. The van der Waals surface area contributed by atoms with Crippen LogP contribution in [-0.2, 0) is 6.61 Å². The Kier molecular flexibility index (Phi) is 10.0. The zero-order valence-corrected chi connectivity index (χ0v) is 26.2. The summed E-state index contributed by atoms with van der Waals surface area (Å²) in [6.45, 7) is 2.75. The van der Waals surface area contributed by atoms with Gasteiger partial charge in [0, 0.05) is 27.2 Å². The minimum Gasteiger partial charge on any atom is -0.493 e. The van der Waals surface area contributed by atoms with Gasteiger partial charge in [0.2, 0.25) is 5.88 Å². The molecule has 0 radical (unpaired) electrons. The Balaban J connectivity index is 1.40. The molecule has 0 bridgehead atoms. The summed E-state index contributed by atoms with van der Waals surface area (Å²) in [5.41, 5.74) is 8.90. The van der Waals surface area contributed by atoms with Crippen LogP contribution in [0.1, 0.15) is 52.7 Å². The van der Waals surface area contributed by atoms with Gasteiger partial charge in [-0.05, 0) is 54.4 Å². The highest BCUT2D eigenvalue weighted by Gasteiger charge is 2.32. The van der Waals surface area contributed by atoms with Crippen molar-refractivity contribution in [1.29, 1.82) is 5.26 Å². The molecule has 2 N–H and O–H groups in total. The van der Waals surface area contributed by atoms with Crippen LogP contribution in [0.4, 0.5) is 0 Å². The van der Waals surface area contributed by atoms with Crippen molar-refractivity contribution in [2.75, 3.05) is 13.7 Å². The standard InChI is InChI=1S/C35H30Cl2N2O6/c1-3-4-15-42-29-8-6-5-7-26(29)35(40)44-24-12-13-25-31(18-24)45-34(39)27(19-38)33(25)21-10-14-30(32(16-21)41-2)43-20-22-9-11-23(36)17-28(22)37/h5-14,16-18,33H,3-4,15,20,39H2,1-2H3. The van der Waals surface area contributed by atoms with Crippen LogP contribution in [-0.4, -0.2) is 19.7 Å². The number of nitriles is 1. The highest BCUT2D eigenvalue weighted by Crippen LogP contribution is 2.45. The van der Waals surface area contributed by atoms with Gasteiger partial charge in [0.15, 0.2) is 11.5 Å². The molecule has 230 valence electrons. The van der Waals surface area contributed by atoms with Crippen LogP contribution in [0, 0.1) is 11.3 Å². The molecule has 0 amide bonds. The van der Waals surface area contributed by atoms with Crippen LogP contribution in [0.3, 0.4) is 0 Å². The number of nitrogens with zero attached hydrogens (tertiary/aromatic N) is 1. The minimum atomic E-state index is -0.579. The van der Waals surface area contributed by atoms with Crippen LogP contribution in [0.15, 0.2) is 90.3 Å². The molecule has 1 aliphatic rings. The van der Waals surface area contributed by atoms with E-state index >= 15 is 0 Å². The van der Waals surface area contributed by atoms with Gasteiger partial charge in [-0.15, -0.1) is 0 Å². The molecule has 0 spiro atoms. The first-order chi connectivity index (χ1) is 21.8. The quantitative estimate of drug-likeness (QED) is 0.0987. The Morgan fingerprint density at radius 3 is 2.56 bits per heavy atom. The van der Waals surface area contributed by atoms with Gasteiger partial charge in [-0.2, -0.15) is 5.26 Å². The smallest absolute Gasteiger partial charge is 0.347 e. The summed E-state index contributed by atoms with van der Waals surface area (Å²) in [6, 6.07) is 24.6. The third kappa shape index (κ3) is 7.12. The molecule has 0 saturated heterocycles. The van der Waals surface area contributed by atoms with Crippen molar-refractivity contribution < 1.29 is 28.5 Å². The van der Waals surface area contributed by atoms with Gasteiger partial charge >= 0.3 is 5.97 Å². The van der Waals surface area contributed by atoms with E-state index in [1.54, 1.807) is 72.8 Å². The van der Waals surface area contributed by atoms with Crippen LogP contribution in [0.25, 0.3) is 0 Å². The molecule has 1 unspecified atom stereocenters. The number of unbranched alkanes of at least 4 members (excludes halogenated alkanes) is 1. The molecule has 1 aliphatic heterocycles. The van der Waals surface area contributed by atoms with Gasteiger partial charge in [-0.1, -0.05) is 66.9 Å². The van der Waals surface area contributed by atoms with E-state index in [9.17, 15) is 10.1 Å². The second kappa shape index (κ2) is 14.3. The number of carbonyl (C=O) groups excluding carboxylic acids is 1. The number of benzene rings is 4. The Bertz CT molecular complexity index is 1800. The highest BCUT2D eigenvalue weighted by molar-refractivity contribution is 6.35. The number of hydrogen-bond donors (Lipinski definition) is 1. The number of halogens is 2. The van der Waals surface area contributed by atoms with Gasteiger partial charge < -0.3 is 29.4 Å². The molecule has 1 atom stereocenters. The third-order valence-electron chi connectivity index (χ3n) is 7.18. The highest BCUT2D eigenvalue weighted by atomic mass is 35.5. The number of carbonyl (C=O) groups is 1. The molecule has 10 heteroatoms. The van der Waals surface area contributed by atoms with Crippen LogP contribution >= 0.6 is 23.2 Å². The van der Waals surface area contributed by atoms with Gasteiger partial charge in [0.05, 0.1) is 19.6 Å². The lowest BCUT2D eigenvalue weighted by atomic mass is 9.83. The number of fused-ring (bicyclic) bond motifs is 1. The first kappa shape index (κ1) is 31.6. The number of allylic oxidation sites excluding steroid dienone is 1. The summed E-state index contributed by atoms with van der Waals surface area (Å²) in [4.78, 5) is 13.1. The fourth-order valence-corrected chi connectivity index (χ4v) is 5.33. The molecule has 1 heterocycles. The summed E-state index contributed by atoms with van der Waals surface area (Å²) in [5.74, 6) is 0.782. The monoisotopic (exact) mass is 644 g/mol. The number of nitrogens with two attached hydrogens (primary N) is 1. The van der Waals surface area contributed by atoms with Gasteiger partial charge in [-0.25, -0.2) is 4.79 Å². The number of rotatable bonds is 11. The van der Waals surface area contributed by atoms with Crippen molar-refractivity contribution in [2.24, 2.45) is 5.73 Å². The number of methoxy groups -OCH3 is 1. The normalized spacial score (nSPS) is 13.7. The molecule has 4 aromatic carbocycles. The molecule has 0 aromatic heterocycles. The maximum Gasteiger partial charge on any atom is 0.347 e. The van der Waals surface area contributed by atoms with Crippen molar-refractivity contribution >= 4 is 29.2 Å². The Morgan fingerprint density at radius 2 is 1.80 bits per heavy atom. The van der Waals surface area contributed by atoms with Crippen molar-refractivity contribution in [3.63, 3.8) is 0 Å². The molecule has 5 rings (SSSR count). The van der Waals surface area contributed by atoms with Crippen molar-refractivity contribution in [3.05, 3.63) is 123 Å². The van der Waals surface area contributed by atoms with Crippen LogP contribution < -0.4 is 29.4 Å². The van der Waals surface area contributed by atoms with Crippen LogP contribution in [0.5, 0.6) is 28.7 Å². The maximum atomic E-state index is 13.1. The Labute approximate surface area is 271 Å². The van der Waals surface area contributed by atoms with Gasteiger partial charge in [-0.3, -0.25) is 0 Å². The Morgan fingerprint density at radius 1 is 0.978 bits per heavy atom. The topological polar surface area (TPSA) is 113 Å². The lowest BCUT2D eigenvalue weighted by Gasteiger charge is -2.27. The first-order valence-electron chi connectivity index (χ1n) is 14.2. The predicted molar refractivity (Wildman–Crippen MR) is 171 cm³/mol. The van der Waals surface area contributed by atoms with Gasteiger partial charge in [0.25, 0.3) is 0 Å². The fraction of sp³-hybridized carbons (Fsp3) is 0.200. The Hall–Kier alpha value is -4.84. The van der Waals surface area contributed by atoms with Crippen LogP contribution in [0.2, 0.25) is 10.0 Å². The molecular formula is C35H30Cl2N2O6. The zero-order valence-electron chi connectivity index (χ0n) is 24.6. The van der Waals surface area contributed by atoms with E-state index in [4.69, 9.17) is 52.6 Å². The molecule has 0 fully saturated rings. The van der Waals surface area contributed by atoms with E-state index in [2.05, 4.69) is 13.0 Å². The van der Waals surface area contributed by atoms with E-state index in [0.717, 1.165) is 24.0 Å². The van der Waals surface area contributed by atoms with E-state index in [1.165, 1.54) is 7.11 Å². The first-order valence-corrected chi connectivity index (χ1v) is 15.0. The lowest BCUT2D eigenvalue weighted by molar-refractivity contribution is 0.0730. The average molecular weight is 646 g/mol. The molecule has 4 aromatic rings. The molecule has 8 nitrogen and oxygen atoms in total. The zero-order chi connectivity index (χ0) is 31.9. The number of esters is 1. The summed E-state index contributed by atoms with van der Waals surface area (Å²) < 4.78 is 29.0. The van der Waals surface area contributed by atoms with E-state index in [1.807, 2.05) is 6.07 Å². The van der Waals surface area contributed by atoms with Crippen molar-refractivity contribution in [3.8, 4) is 34.8 Å². The molecule has 0 saturated carbocycles. The maximum absolute atomic E-state index is 13.1. The van der Waals surface area contributed by atoms with Crippen molar-refractivity contribution in [2.45, 2.75) is 32.3 Å². The lowest BCUT2D eigenvalue weighted by Crippen LogP contribution is -2.21. The third-order valence-corrected chi connectivity index (χ3v) is 7.77. The number of hydrogen-bond acceptors (Lipinski definition) is 8. The number of ether oxygens (including phenoxy) is 5. The van der Waals surface area contributed by atoms with Gasteiger partial charge in [0.1, 0.15) is 41.1 Å². The SMILES string of the molecule is CCCCOc1ccccc1C(=O)Oc1ccc2c(c1)OC(N)=C(C#N)C2c1ccc(OCc2ccc(Cl)cc2Cl)c(OC)c1. The average Bonchev–Trinajstić information content (AvgIpc) is 3.04. The molecular weight excluding hydrogens is 615 g/mol. The summed E-state index contributed by atoms with van der Waals surface area (Å²) in [7, 11) is 1.53. The second-order valence-corrected chi connectivity index (χ2v) is 11.0. The molecule has 45 heavy (non-hydrogen) atoms. The largest absolute Gasteiger partial charge is 0.493 e. The van der Waals surface area contributed by atoms with E-state index in [-0.39, 0.29) is 23.8 Å². The van der Waals surface area contributed by atoms with Crippen molar-refractivity contribution in [1.82, 2.24) is 0 Å². The van der Waals surface area contributed by atoms with E-state index in [0.29, 0.717) is 50.8 Å². The number of para-hydroxylation sites is 1. The minimum absolute atomic E-state index is 0.0511. The second-order valence-electron chi connectivity index (χ2n) is 10.1. The summed E-state index contributed by atoms with van der Waals surface area (Å²) >= 11 is 12.3. The fourth-order valence-electron chi connectivity index (χ4n) is 4.87. The molecule has 0 aliphatic carbocycles.